The number of aromatic nitrogens is 1. The predicted molar refractivity (Wildman–Crippen MR) is 68.1 cm³/mol. The molecule has 2 heteroatoms. The molecule has 0 bridgehead atoms. The van der Waals surface area contributed by atoms with Crippen LogP contribution in [0.5, 0.6) is 0 Å². The van der Waals surface area contributed by atoms with E-state index in [9.17, 15) is 0 Å². The average Bonchev–Trinajstić information content (AvgIpc) is 2.27. The van der Waals surface area contributed by atoms with Crippen molar-refractivity contribution in [3.8, 4) is 0 Å². The van der Waals surface area contributed by atoms with Crippen molar-refractivity contribution in [1.82, 2.24) is 4.98 Å². The number of benzene rings is 1. The van der Waals surface area contributed by atoms with Gasteiger partial charge in [-0.05, 0) is 30.0 Å². The molecule has 0 spiro atoms. The highest BCUT2D eigenvalue weighted by molar-refractivity contribution is 5.82. The normalized spacial score (nSPS) is 13.2. The molecule has 1 aromatic heterocycles. The molecule has 0 aliphatic rings. The van der Waals surface area contributed by atoms with Gasteiger partial charge < -0.3 is 5.73 Å². The van der Waals surface area contributed by atoms with Crippen molar-refractivity contribution in [2.24, 2.45) is 11.7 Å². The SMILES string of the molecule is CC(C)CC(N)c1cccc2ncccc12. The minimum atomic E-state index is 0.105. The van der Waals surface area contributed by atoms with Gasteiger partial charge in [-0.1, -0.05) is 32.0 Å². The van der Waals surface area contributed by atoms with Gasteiger partial charge >= 0.3 is 0 Å². The van der Waals surface area contributed by atoms with Crippen LogP contribution < -0.4 is 5.73 Å². The minimum absolute atomic E-state index is 0.105. The van der Waals surface area contributed by atoms with Gasteiger partial charge in [0.1, 0.15) is 0 Å². The summed E-state index contributed by atoms with van der Waals surface area (Å²) in [5.41, 5.74) is 8.47. The van der Waals surface area contributed by atoms with Gasteiger partial charge in [0, 0.05) is 17.6 Å². The first kappa shape index (κ1) is 11.1. The van der Waals surface area contributed by atoms with Crippen molar-refractivity contribution in [1.29, 1.82) is 0 Å². The Morgan fingerprint density at radius 1 is 1.19 bits per heavy atom. The quantitative estimate of drug-likeness (QED) is 0.851. The van der Waals surface area contributed by atoms with Gasteiger partial charge in [-0.15, -0.1) is 0 Å². The molecule has 0 saturated heterocycles. The molecule has 2 rings (SSSR count). The van der Waals surface area contributed by atoms with E-state index >= 15 is 0 Å². The van der Waals surface area contributed by atoms with E-state index in [-0.39, 0.29) is 6.04 Å². The fourth-order valence-electron chi connectivity index (χ4n) is 2.09. The summed E-state index contributed by atoms with van der Waals surface area (Å²) < 4.78 is 0. The fraction of sp³-hybridized carbons (Fsp3) is 0.357. The first-order chi connectivity index (χ1) is 7.68. The lowest BCUT2D eigenvalue weighted by molar-refractivity contribution is 0.512. The van der Waals surface area contributed by atoms with Crippen LogP contribution in [0.25, 0.3) is 10.9 Å². The van der Waals surface area contributed by atoms with Gasteiger partial charge in [0.25, 0.3) is 0 Å². The van der Waals surface area contributed by atoms with Gasteiger partial charge in [0.05, 0.1) is 5.52 Å². The summed E-state index contributed by atoms with van der Waals surface area (Å²) in [4.78, 5) is 4.35. The van der Waals surface area contributed by atoms with E-state index in [2.05, 4.69) is 31.0 Å². The number of hydrogen-bond acceptors (Lipinski definition) is 2. The van der Waals surface area contributed by atoms with Crippen LogP contribution in [0.2, 0.25) is 0 Å². The number of pyridine rings is 1. The highest BCUT2D eigenvalue weighted by Gasteiger charge is 2.11. The lowest BCUT2D eigenvalue weighted by Gasteiger charge is -2.16. The molecule has 0 amide bonds. The van der Waals surface area contributed by atoms with E-state index in [1.165, 1.54) is 10.9 Å². The lowest BCUT2D eigenvalue weighted by Crippen LogP contribution is -2.13. The number of hydrogen-bond donors (Lipinski definition) is 1. The van der Waals surface area contributed by atoms with Crippen LogP contribution in [0.3, 0.4) is 0 Å². The van der Waals surface area contributed by atoms with Crippen LogP contribution in [-0.2, 0) is 0 Å². The average molecular weight is 214 g/mol. The maximum absolute atomic E-state index is 6.23. The summed E-state index contributed by atoms with van der Waals surface area (Å²) in [6.07, 6.45) is 2.83. The second-order valence-corrected chi connectivity index (χ2v) is 4.65. The second-order valence-electron chi connectivity index (χ2n) is 4.65. The maximum Gasteiger partial charge on any atom is 0.0705 e. The zero-order chi connectivity index (χ0) is 11.5. The van der Waals surface area contributed by atoms with Crippen LogP contribution in [0, 0.1) is 5.92 Å². The minimum Gasteiger partial charge on any atom is -0.324 e. The first-order valence-corrected chi connectivity index (χ1v) is 5.77. The summed E-state index contributed by atoms with van der Waals surface area (Å²) in [6.45, 7) is 4.40. The van der Waals surface area contributed by atoms with Crippen molar-refractivity contribution in [2.45, 2.75) is 26.3 Å². The van der Waals surface area contributed by atoms with Crippen molar-refractivity contribution in [2.75, 3.05) is 0 Å². The first-order valence-electron chi connectivity index (χ1n) is 5.77. The van der Waals surface area contributed by atoms with Gasteiger partial charge in [-0.25, -0.2) is 0 Å². The molecular weight excluding hydrogens is 196 g/mol. The molecule has 2 nitrogen and oxygen atoms in total. The predicted octanol–water partition coefficient (Wildman–Crippen LogP) is 3.28. The van der Waals surface area contributed by atoms with Crippen molar-refractivity contribution in [3.63, 3.8) is 0 Å². The molecule has 0 aliphatic carbocycles. The Bertz CT molecular complexity index is 472. The Morgan fingerprint density at radius 2 is 2.00 bits per heavy atom. The third-order valence-corrected chi connectivity index (χ3v) is 2.80. The number of rotatable bonds is 3. The smallest absolute Gasteiger partial charge is 0.0705 e. The van der Waals surface area contributed by atoms with Crippen molar-refractivity contribution >= 4 is 10.9 Å². The fourth-order valence-corrected chi connectivity index (χ4v) is 2.09. The van der Waals surface area contributed by atoms with Crippen molar-refractivity contribution < 1.29 is 0 Å². The molecule has 1 aromatic carbocycles. The molecule has 1 atom stereocenters. The van der Waals surface area contributed by atoms with Gasteiger partial charge in [0.15, 0.2) is 0 Å². The zero-order valence-electron chi connectivity index (χ0n) is 9.85. The third kappa shape index (κ3) is 2.22. The second kappa shape index (κ2) is 4.62. The van der Waals surface area contributed by atoms with E-state index in [1.807, 2.05) is 24.4 Å². The molecule has 0 saturated carbocycles. The molecule has 0 radical (unpaired) electrons. The summed E-state index contributed by atoms with van der Waals surface area (Å²) in [5, 5.41) is 1.18. The molecule has 2 aromatic rings. The molecule has 0 fully saturated rings. The monoisotopic (exact) mass is 214 g/mol. The molecule has 2 N–H and O–H groups in total. The molecule has 0 aliphatic heterocycles. The van der Waals surface area contributed by atoms with E-state index in [0.29, 0.717) is 5.92 Å². The molecular formula is C14H18N2. The van der Waals surface area contributed by atoms with Gasteiger partial charge in [-0.3, -0.25) is 4.98 Å². The Morgan fingerprint density at radius 3 is 2.75 bits per heavy atom. The van der Waals surface area contributed by atoms with Crippen molar-refractivity contribution in [3.05, 3.63) is 42.1 Å². The number of nitrogens with zero attached hydrogens (tertiary/aromatic N) is 1. The van der Waals surface area contributed by atoms with Crippen LogP contribution in [0.1, 0.15) is 31.9 Å². The standard InChI is InChI=1S/C14H18N2/c1-10(2)9-13(15)11-5-3-7-14-12(11)6-4-8-16-14/h3-8,10,13H,9,15H2,1-2H3. The Kier molecular flexibility index (Phi) is 3.20. The third-order valence-electron chi connectivity index (χ3n) is 2.80. The Hall–Kier alpha value is -1.41. The summed E-state index contributed by atoms with van der Waals surface area (Å²) in [6, 6.07) is 10.3. The van der Waals surface area contributed by atoms with Crippen LogP contribution >= 0.6 is 0 Å². The number of fused-ring (bicyclic) bond motifs is 1. The highest BCUT2D eigenvalue weighted by Crippen LogP contribution is 2.25. The van der Waals surface area contributed by atoms with E-state index in [1.54, 1.807) is 0 Å². The van der Waals surface area contributed by atoms with E-state index < -0.39 is 0 Å². The van der Waals surface area contributed by atoms with Gasteiger partial charge in [-0.2, -0.15) is 0 Å². The lowest BCUT2D eigenvalue weighted by atomic mass is 9.95. The molecule has 1 heterocycles. The summed E-state index contributed by atoms with van der Waals surface area (Å²) >= 11 is 0. The Labute approximate surface area is 96.5 Å². The highest BCUT2D eigenvalue weighted by atomic mass is 14.7. The van der Waals surface area contributed by atoms with Crippen LogP contribution in [-0.4, -0.2) is 4.98 Å². The summed E-state index contributed by atoms with van der Waals surface area (Å²) in [5.74, 6) is 0.613. The van der Waals surface area contributed by atoms with E-state index in [0.717, 1.165) is 11.9 Å². The van der Waals surface area contributed by atoms with Crippen LogP contribution in [0.4, 0.5) is 0 Å². The summed E-state index contributed by atoms with van der Waals surface area (Å²) in [7, 11) is 0. The largest absolute Gasteiger partial charge is 0.324 e. The zero-order valence-corrected chi connectivity index (χ0v) is 9.85. The molecule has 16 heavy (non-hydrogen) atoms. The number of nitrogens with two attached hydrogens (primary N) is 1. The maximum atomic E-state index is 6.23. The van der Waals surface area contributed by atoms with Crippen LogP contribution in [0.15, 0.2) is 36.5 Å². The molecule has 1 unspecified atom stereocenters. The molecule has 84 valence electrons. The van der Waals surface area contributed by atoms with E-state index in [4.69, 9.17) is 5.73 Å². The topological polar surface area (TPSA) is 38.9 Å². The van der Waals surface area contributed by atoms with Gasteiger partial charge in [0.2, 0.25) is 0 Å². The Balaban J connectivity index is 2.44.